The van der Waals surface area contributed by atoms with E-state index in [4.69, 9.17) is 16.3 Å². The minimum absolute atomic E-state index is 0.254. The Balaban J connectivity index is 2.10. The summed E-state index contributed by atoms with van der Waals surface area (Å²) in [4.78, 5) is 4.23. The van der Waals surface area contributed by atoms with E-state index in [1.54, 1.807) is 6.33 Å². The summed E-state index contributed by atoms with van der Waals surface area (Å²) in [6, 6.07) is 7.96. The van der Waals surface area contributed by atoms with Crippen molar-refractivity contribution >= 4 is 11.6 Å². The molecule has 110 valence electrons. The summed E-state index contributed by atoms with van der Waals surface area (Å²) in [6.07, 6.45) is 2.21. The fourth-order valence-corrected chi connectivity index (χ4v) is 1.95. The van der Waals surface area contributed by atoms with Crippen LogP contribution in [0.1, 0.15) is 37.7 Å². The van der Waals surface area contributed by atoms with Gasteiger partial charge in [0.25, 0.3) is 0 Å². The quantitative estimate of drug-likeness (QED) is 0.627. The van der Waals surface area contributed by atoms with E-state index in [2.05, 4.69) is 35.8 Å². The number of ether oxygens (including phenoxy) is 1. The van der Waals surface area contributed by atoms with Gasteiger partial charge in [0.05, 0.1) is 5.56 Å². The second kappa shape index (κ2) is 7.70. The lowest BCUT2D eigenvalue weighted by molar-refractivity contribution is 0.281. The van der Waals surface area contributed by atoms with Gasteiger partial charge in [-0.25, -0.2) is 9.67 Å². The molecule has 0 aliphatic heterocycles. The number of alkyl halides is 1. The van der Waals surface area contributed by atoms with Crippen molar-refractivity contribution in [3.8, 4) is 17.6 Å². The van der Waals surface area contributed by atoms with Crippen LogP contribution in [0.2, 0.25) is 0 Å². The van der Waals surface area contributed by atoms with Crippen LogP contribution >= 0.6 is 11.6 Å². The molecule has 0 bridgehead atoms. The Morgan fingerprint density at radius 3 is 2.90 bits per heavy atom. The molecule has 1 aromatic heterocycles. The van der Waals surface area contributed by atoms with E-state index in [0.29, 0.717) is 18.9 Å². The summed E-state index contributed by atoms with van der Waals surface area (Å²) in [5, 5.41) is 4.19. The fourth-order valence-electron chi connectivity index (χ4n) is 1.85. The number of para-hydroxylation sites is 1. The first-order chi connectivity index (χ1) is 10.2. The Hall–Kier alpha value is -1.99. The molecule has 0 aliphatic rings. The summed E-state index contributed by atoms with van der Waals surface area (Å²) in [6.45, 7) is 4.49. The first-order valence-electron chi connectivity index (χ1n) is 6.87. The SMILES string of the molecule is CC(C)n1ncnc1COc1ccccc1C#CCCCl. The van der Waals surface area contributed by atoms with E-state index in [-0.39, 0.29) is 6.04 Å². The minimum Gasteiger partial charge on any atom is -0.484 e. The highest BCUT2D eigenvalue weighted by Crippen LogP contribution is 2.18. The van der Waals surface area contributed by atoms with Crippen molar-refractivity contribution < 1.29 is 4.74 Å². The van der Waals surface area contributed by atoms with E-state index >= 15 is 0 Å². The van der Waals surface area contributed by atoms with Crippen molar-refractivity contribution in [1.29, 1.82) is 0 Å². The Kier molecular flexibility index (Phi) is 5.65. The average Bonchev–Trinajstić information content (AvgIpc) is 2.95. The molecule has 0 N–H and O–H groups in total. The van der Waals surface area contributed by atoms with Gasteiger partial charge >= 0.3 is 0 Å². The molecule has 0 radical (unpaired) electrons. The van der Waals surface area contributed by atoms with Gasteiger partial charge in [0.15, 0.2) is 5.82 Å². The summed E-state index contributed by atoms with van der Waals surface area (Å²) in [5.41, 5.74) is 0.859. The molecule has 0 aliphatic carbocycles. The molecule has 0 amide bonds. The monoisotopic (exact) mass is 303 g/mol. The number of nitrogens with zero attached hydrogens (tertiary/aromatic N) is 3. The Morgan fingerprint density at radius 1 is 1.33 bits per heavy atom. The van der Waals surface area contributed by atoms with Crippen molar-refractivity contribution in [2.24, 2.45) is 0 Å². The van der Waals surface area contributed by atoms with E-state index in [1.807, 2.05) is 28.9 Å². The Labute approximate surface area is 130 Å². The summed E-state index contributed by atoms with van der Waals surface area (Å²) in [7, 11) is 0. The van der Waals surface area contributed by atoms with Gasteiger partial charge in [0, 0.05) is 18.3 Å². The molecule has 2 aromatic rings. The van der Waals surface area contributed by atoms with Crippen molar-refractivity contribution in [2.45, 2.75) is 32.9 Å². The highest BCUT2D eigenvalue weighted by atomic mass is 35.5. The predicted molar refractivity (Wildman–Crippen MR) is 83.4 cm³/mol. The summed E-state index contributed by atoms with van der Waals surface area (Å²) >= 11 is 5.63. The van der Waals surface area contributed by atoms with E-state index in [1.165, 1.54) is 0 Å². The highest BCUT2D eigenvalue weighted by molar-refractivity contribution is 6.18. The van der Waals surface area contributed by atoms with Crippen molar-refractivity contribution in [2.75, 3.05) is 5.88 Å². The molecular weight excluding hydrogens is 286 g/mol. The van der Waals surface area contributed by atoms with Crippen LogP contribution < -0.4 is 4.74 Å². The number of hydrogen-bond acceptors (Lipinski definition) is 3. The lowest BCUT2D eigenvalue weighted by Crippen LogP contribution is -2.11. The number of hydrogen-bond donors (Lipinski definition) is 0. The normalized spacial score (nSPS) is 10.3. The zero-order valence-electron chi connectivity index (χ0n) is 12.2. The maximum Gasteiger partial charge on any atom is 0.165 e. The van der Waals surface area contributed by atoms with Gasteiger partial charge in [0.1, 0.15) is 18.7 Å². The third-order valence-corrected chi connectivity index (χ3v) is 3.01. The molecule has 0 fully saturated rings. The van der Waals surface area contributed by atoms with Crippen LogP contribution in [-0.4, -0.2) is 20.6 Å². The Morgan fingerprint density at radius 2 is 2.14 bits per heavy atom. The van der Waals surface area contributed by atoms with Gasteiger partial charge in [-0.05, 0) is 26.0 Å². The van der Waals surface area contributed by atoms with Gasteiger partial charge in [-0.15, -0.1) is 11.6 Å². The van der Waals surface area contributed by atoms with Gasteiger partial charge in [-0.3, -0.25) is 0 Å². The zero-order valence-corrected chi connectivity index (χ0v) is 13.0. The molecule has 2 rings (SSSR count). The predicted octanol–water partition coefficient (Wildman–Crippen LogP) is 3.42. The van der Waals surface area contributed by atoms with Crippen molar-refractivity contribution in [1.82, 2.24) is 14.8 Å². The molecule has 1 aromatic carbocycles. The van der Waals surface area contributed by atoms with Crippen LogP contribution in [0.5, 0.6) is 5.75 Å². The van der Waals surface area contributed by atoms with Gasteiger partial charge < -0.3 is 4.74 Å². The maximum atomic E-state index is 5.84. The molecule has 5 heteroatoms. The standard InChI is InChI=1S/C16H18ClN3O/c1-13(2)20-16(18-12-19-20)11-21-15-9-4-3-7-14(15)8-5-6-10-17/h3-4,7,9,12-13H,6,10-11H2,1-2H3. The molecule has 4 nitrogen and oxygen atoms in total. The number of aromatic nitrogens is 3. The fraction of sp³-hybridized carbons (Fsp3) is 0.375. The number of benzene rings is 1. The first-order valence-corrected chi connectivity index (χ1v) is 7.41. The molecular formula is C16H18ClN3O. The van der Waals surface area contributed by atoms with Crippen molar-refractivity contribution in [3.05, 3.63) is 42.0 Å². The van der Waals surface area contributed by atoms with Crippen LogP contribution in [0.3, 0.4) is 0 Å². The highest BCUT2D eigenvalue weighted by Gasteiger charge is 2.09. The van der Waals surface area contributed by atoms with E-state index in [9.17, 15) is 0 Å². The molecule has 1 heterocycles. The van der Waals surface area contributed by atoms with Crippen LogP contribution in [0.4, 0.5) is 0 Å². The smallest absolute Gasteiger partial charge is 0.165 e. The topological polar surface area (TPSA) is 39.9 Å². The average molecular weight is 304 g/mol. The molecule has 21 heavy (non-hydrogen) atoms. The number of rotatable bonds is 5. The maximum absolute atomic E-state index is 5.84. The largest absolute Gasteiger partial charge is 0.484 e. The summed E-state index contributed by atoms with van der Waals surface area (Å²) < 4.78 is 7.69. The molecule has 0 saturated carbocycles. The van der Waals surface area contributed by atoms with E-state index < -0.39 is 0 Å². The lowest BCUT2D eigenvalue weighted by atomic mass is 10.2. The minimum atomic E-state index is 0.254. The Bertz CT molecular complexity index is 640. The van der Waals surface area contributed by atoms with Gasteiger partial charge in [-0.2, -0.15) is 5.10 Å². The van der Waals surface area contributed by atoms with Crippen molar-refractivity contribution in [3.63, 3.8) is 0 Å². The van der Waals surface area contributed by atoms with Crippen LogP contribution in [-0.2, 0) is 6.61 Å². The zero-order chi connectivity index (χ0) is 15.1. The van der Waals surface area contributed by atoms with Crippen LogP contribution in [0.15, 0.2) is 30.6 Å². The molecule has 0 spiro atoms. The second-order valence-corrected chi connectivity index (χ2v) is 5.12. The van der Waals surface area contributed by atoms with Gasteiger partial charge in [-0.1, -0.05) is 24.0 Å². The second-order valence-electron chi connectivity index (χ2n) is 4.74. The lowest BCUT2D eigenvalue weighted by Gasteiger charge is -2.11. The van der Waals surface area contributed by atoms with Gasteiger partial charge in [0.2, 0.25) is 0 Å². The molecule has 0 atom stereocenters. The third kappa shape index (κ3) is 4.24. The third-order valence-electron chi connectivity index (χ3n) is 2.82. The summed E-state index contributed by atoms with van der Waals surface area (Å²) in [5.74, 6) is 8.18. The number of halogens is 1. The molecule has 0 saturated heterocycles. The van der Waals surface area contributed by atoms with E-state index in [0.717, 1.165) is 17.1 Å². The first kappa shape index (κ1) is 15.4. The van der Waals surface area contributed by atoms with Crippen LogP contribution in [0.25, 0.3) is 0 Å². The molecule has 0 unspecified atom stereocenters. The van der Waals surface area contributed by atoms with Crippen LogP contribution in [0, 0.1) is 11.8 Å².